The maximum Gasteiger partial charge on any atom is 0.242 e. The molecule has 8 nitrogen and oxygen atoms in total. The Bertz CT molecular complexity index is 618. The van der Waals surface area contributed by atoms with Gasteiger partial charge >= 0.3 is 0 Å². The van der Waals surface area contributed by atoms with E-state index >= 15 is 0 Å². The molecule has 0 aliphatic carbocycles. The van der Waals surface area contributed by atoms with Gasteiger partial charge in [0, 0.05) is 18.4 Å². The highest BCUT2D eigenvalue weighted by atomic mass is 32.2. The SMILES string of the molecule is CNCc1cc(S(=O)(=O)NC(C)c2ncn[nH]2)c[nH]1. The number of nitrogens with zero attached hydrogens (tertiary/aromatic N) is 2. The van der Waals surface area contributed by atoms with Crippen molar-refractivity contribution in [3.05, 3.63) is 30.1 Å². The second kappa shape index (κ2) is 5.51. The molecule has 104 valence electrons. The van der Waals surface area contributed by atoms with Gasteiger partial charge < -0.3 is 10.3 Å². The fraction of sp³-hybridized carbons (Fsp3) is 0.400. The lowest BCUT2D eigenvalue weighted by Crippen LogP contribution is -2.27. The zero-order valence-corrected chi connectivity index (χ0v) is 11.5. The van der Waals surface area contributed by atoms with Crippen molar-refractivity contribution in [3.8, 4) is 0 Å². The van der Waals surface area contributed by atoms with Crippen molar-refractivity contribution in [2.24, 2.45) is 0 Å². The lowest BCUT2D eigenvalue weighted by atomic mass is 10.3. The summed E-state index contributed by atoms with van der Waals surface area (Å²) in [4.78, 5) is 7.02. The molecule has 0 aromatic carbocycles. The van der Waals surface area contributed by atoms with E-state index in [1.807, 2.05) is 0 Å². The lowest BCUT2D eigenvalue weighted by Gasteiger charge is -2.10. The first kappa shape index (κ1) is 13.7. The standard InChI is InChI=1S/C10H16N6O2S/c1-7(10-13-6-14-15-10)16-19(17,18)9-3-8(4-11-2)12-5-9/h3,5-7,11-12,16H,4H2,1-2H3,(H,13,14,15). The molecule has 9 heteroatoms. The Morgan fingerprint density at radius 3 is 2.89 bits per heavy atom. The fourth-order valence-electron chi connectivity index (χ4n) is 1.65. The Kier molecular flexibility index (Phi) is 3.98. The summed E-state index contributed by atoms with van der Waals surface area (Å²) in [6.45, 7) is 2.27. The van der Waals surface area contributed by atoms with E-state index in [1.165, 1.54) is 12.5 Å². The third kappa shape index (κ3) is 3.19. The molecule has 1 atom stereocenters. The lowest BCUT2D eigenvalue weighted by molar-refractivity contribution is 0.560. The molecular weight excluding hydrogens is 268 g/mol. The fourth-order valence-corrected chi connectivity index (χ4v) is 2.87. The molecule has 0 amide bonds. The van der Waals surface area contributed by atoms with Crippen LogP contribution >= 0.6 is 0 Å². The molecule has 19 heavy (non-hydrogen) atoms. The van der Waals surface area contributed by atoms with Crippen LogP contribution in [0.25, 0.3) is 0 Å². The van der Waals surface area contributed by atoms with Crippen LogP contribution in [-0.2, 0) is 16.6 Å². The number of hydrogen-bond acceptors (Lipinski definition) is 5. The van der Waals surface area contributed by atoms with E-state index in [0.717, 1.165) is 5.69 Å². The van der Waals surface area contributed by atoms with Crippen LogP contribution in [-0.4, -0.2) is 35.6 Å². The predicted molar refractivity (Wildman–Crippen MR) is 68.7 cm³/mol. The first-order valence-corrected chi connectivity index (χ1v) is 7.20. The van der Waals surface area contributed by atoms with Crippen molar-refractivity contribution in [2.45, 2.75) is 24.4 Å². The summed E-state index contributed by atoms with van der Waals surface area (Å²) in [5.74, 6) is 0.467. The maximum atomic E-state index is 12.1. The Balaban J connectivity index is 2.13. The number of hydrogen-bond donors (Lipinski definition) is 4. The van der Waals surface area contributed by atoms with Crippen molar-refractivity contribution in [2.75, 3.05) is 7.05 Å². The molecule has 0 aliphatic heterocycles. The van der Waals surface area contributed by atoms with Gasteiger partial charge in [-0.25, -0.2) is 18.1 Å². The average molecular weight is 284 g/mol. The van der Waals surface area contributed by atoms with Gasteiger partial charge in [0.15, 0.2) is 0 Å². The Morgan fingerprint density at radius 2 is 2.26 bits per heavy atom. The first-order chi connectivity index (χ1) is 9.03. The van der Waals surface area contributed by atoms with Gasteiger partial charge in [0.25, 0.3) is 0 Å². The molecule has 0 saturated carbocycles. The van der Waals surface area contributed by atoms with Crippen LogP contribution in [0.4, 0.5) is 0 Å². The van der Waals surface area contributed by atoms with Gasteiger partial charge in [-0.05, 0) is 20.0 Å². The second-order valence-electron chi connectivity index (χ2n) is 4.10. The molecule has 2 aromatic rings. The van der Waals surface area contributed by atoms with E-state index in [-0.39, 0.29) is 4.90 Å². The van der Waals surface area contributed by atoms with Gasteiger partial charge in [-0.3, -0.25) is 5.10 Å². The average Bonchev–Trinajstić information content (AvgIpc) is 2.99. The second-order valence-corrected chi connectivity index (χ2v) is 5.82. The number of aromatic nitrogens is 4. The number of sulfonamides is 1. The molecule has 0 saturated heterocycles. The van der Waals surface area contributed by atoms with Crippen LogP contribution in [0, 0.1) is 0 Å². The molecule has 0 radical (unpaired) electrons. The molecule has 4 N–H and O–H groups in total. The Morgan fingerprint density at radius 1 is 1.47 bits per heavy atom. The number of aromatic amines is 2. The minimum atomic E-state index is -3.58. The minimum Gasteiger partial charge on any atom is -0.363 e. The van der Waals surface area contributed by atoms with Gasteiger partial charge in [0.05, 0.1) is 10.9 Å². The topological polar surface area (TPSA) is 116 Å². The van der Waals surface area contributed by atoms with Crippen molar-refractivity contribution in [1.29, 1.82) is 0 Å². The molecule has 2 aromatic heterocycles. The highest BCUT2D eigenvalue weighted by Gasteiger charge is 2.21. The minimum absolute atomic E-state index is 0.198. The van der Waals surface area contributed by atoms with Gasteiger partial charge in [0.2, 0.25) is 10.0 Å². The molecule has 0 fully saturated rings. The van der Waals surface area contributed by atoms with Crippen LogP contribution in [0.15, 0.2) is 23.5 Å². The van der Waals surface area contributed by atoms with E-state index in [0.29, 0.717) is 12.4 Å². The molecule has 1 unspecified atom stereocenters. The quantitative estimate of drug-likeness (QED) is 0.591. The Hall–Kier alpha value is -1.71. The molecule has 0 spiro atoms. The van der Waals surface area contributed by atoms with Crippen LogP contribution in [0.5, 0.6) is 0 Å². The van der Waals surface area contributed by atoms with Crippen molar-refractivity contribution >= 4 is 10.0 Å². The van der Waals surface area contributed by atoms with Gasteiger partial charge in [0.1, 0.15) is 12.2 Å². The number of H-pyrrole nitrogens is 2. The zero-order chi connectivity index (χ0) is 13.9. The zero-order valence-electron chi connectivity index (χ0n) is 10.6. The van der Waals surface area contributed by atoms with Crippen LogP contribution in [0.3, 0.4) is 0 Å². The molecule has 2 heterocycles. The number of nitrogens with one attached hydrogen (secondary N) is 4. The third-order valence-corrected chi connectivity index (χ3v) is 4.09. The predicted octanol–water partition coefficient (Wildman–Crippen LogP) is -0.108. The molecular formula is C10H16N6O2S. The summed E-state index contributed by atoms with van der Waals surface area (Å²) in [6.07, 6.45) is 2.80. The highest BCUT2D eigenvalue weighted by Crippen LogP contribution is 2.14. The highest BCUT2D eigenvalue weighted by molar-refractivity contribution is 7.89. The summed E-state index contributed by atoms with van der Waals surface area (Å²) in [5, 5.41) is 9.26. The monoisotopic (exact) mass is 284 g/mol. The molecule has 2 rings (SSSR count). The first-order valence-electron chi connectivity index (χ1n) is 5.72. The summed E-state index contributed by atoms with van der Waals surface area (Å²) >= 11 is 0. The van der Waals surface area contributed by atoms with Crippen molar-refractivity contribution in [3.63, 3.8) is 0 Å². The molecule has 0 aliphatic rings. The molecule has 0 bridgehead atoms. The van der Waals surface area contributed by atoms with Gasteiger partial charge in [-0.15, -0.1) is 0 Å². The van der Waals surface area contributed by atoms with Crippen molar-refractivity contribution in [1.82, 2.24) is 30.2 Å². The summed E-state index contributed by atoms with van der Waals surface area (Å²) in [6, 6.07) is 1.11. The van der Waals surface area contributed by atoms with Gasteiger partial charge in [-0.1, -0.05) is 0 Å². The maximum absolute atomic E-state index is 12.1. The van der Waals surface area contributed by atoms with E-state index in [9.17, 15) is 8.42 Å². The summed E-state index contributed by atoms with van der Waals surface area (Å²) in [7, 11) is -1.79. The van der Waals surface area contributed by atoms with Gasteiger partial charge in [-0.2, -0.15) is 5.10 Å². The van der Waals surface area contributed by atoms with E-state index < -0.39 is 16.1 Å². The largest absolute Gasteiger partial charge is 0.363 e. The summed E-state index contributed by atoms with van der Waals surface area (Å²) < 4.78 is 26.8. The summed E-state index contributed by atoms with van der Waals surface area (Å²) in [5.41, 5.74) is 0.801. The Labute approximate surface area is 111 Å². The third-order valence-electron chi connectivity index (χ3n) is 2.57. The normalized spacial score (nSPS) is 13.6. The van der Waals surface area contributed by atoms with E-state index in [4.69, 9.17) is 0 Å². The van der Waals surface area contributed by atoms with E-state index in [1.54, 1.807) is 20.0 Å². The number of rotatable bonds is 6. The van der Waals surface area contributed by atoms with Crippen LogP contribution in [0.2, 0.25) is 0 Å². The van der Waals surface area contributed by atoms with Crippen LogP contribution in [0.1, 0.15) is 24.5 Å². The van der Waals surface area contributed by atoms with E-state index in [2.05, 4.69) is 30.2 Å². The van der Waals surface area contributed by atoms with Crippen molar-refractivity contribution < 1.29 is 8.42 Å². The smallest absolute Gasteiger partial charge is 0.242 e. The van der Waals surface area contributed by atoms with Crippen LogP contribution < -0.4 is 10.0 Å².